The average Bonchev–Trinajstić information content (AvgIpc) is 3.12. The first-order chi connectivity index (χ1) is 14.0. The highest BCUT2D eigenvalue weighted by Crippen LogP contribution is 2.28. The average molecular weight is 397 g/mol. The van der Waals surface area contributed by atoms with Crippen molar-refractivity contribution in [2.45, 2.75) is 25.4 Å². The monoisotopic (exact) mass is 397 g/mol. The van der Waals surface area contributed by atoms with Crippen LogP contribution in [-0.2, 0) is 11.2 Å². The van der Waals surface area contributed by atoms with Gasteiger partial charge in [-0.3, -0.25) is 4.79 Å². The lowest BCUT2D eigenvalue weighted by atomic mass is 10.1. The Morgan fingerprint density at radius 1 is 1.45 bits per heavy atom. The molecule has 1 atom stereocenters. The van der Waals surface area contributed by atoms with Gasteiger partial charge in [0.1, 0.15) is 12.9 Å². The highest BCUT2D eigenvalue weighted by atomic mass is 16.3. The maximum atomic E-state index is 11.7. The van der Waals surface area contributed by atoms with Crippen LogP contribution in [0.4, 0.5) is 5.69 Å². The van der Waals surface area contributed by atoms with Crippen LogP contribution in [0, 0.1) is 11.8 Å². The van der Waals surface area contributed by atoms with Gasteiger partial charge in [-0.15, -0.1) is 0 Å². The lowest BCUT2D eigenvalue weighted by Gasteiger charge is -2.16. The molecule has 2 aromatic rings. The van der Waals surface area contributed by atoms with Crippen LogP contribution in [0.5, 0.6) is 0 Å². The summed E-state index contributed by atoms with van der Waals surface area (Å²) in [5, 5.41) is 17.6. The molecule has 1 amide bonds. The number of anilines is 1. The van der Waals surface area contributed by atoms with Gasteiger partial charge in [0.15, 0.2) is 5.69 Å². The third kappa shape index (κ3) is 5.67. The number of aromatic nitrogens is 2. The molecule has 0 saturated heterocycles. The molecule has 8 heteroatoms. The first kappa shape index (κ1) is 22.1. The predicted molar refractivity (Wildman–Crippen MR) is 112 cm³/mol. The molecular formula is C21H27N5O3. The second-order valence-corrected chi connectivity index (χ2v) is 6.90. The summed E-state index contributed by atoms with van der Waals surface area (Å²) in [4.78, 5) is 21.7. The zero-order valence-electron chi connectivity index (χ0n) is 16.8. The number of benzene rings is 1. The summed E-state index contributed by atoms with van der Waals surface area (Å²) in [6.07, 6.45) is 1.72. The zero-order valence-corrected chi connectivity index (χ0v) is 16.8. The maximum absolute atomic E-state index is 11.7. The molecule has 4 N–H and O–H groups in total. The Morgan fingerprint density at radius 2 is 2.21 bits per heavy atom. The van der Waals surface area contributed by atoms with E-state index < -0.39 is 12.0 Å². The van der Waals surface area contributed by atoms with E-state index in [4.69, 9.17) is 10.5 Å². The van der Waals surface area contributed by atoms with E-state index in [1.54, 1.807) is 4.68 Å². The molecule has 0 radical (unpaired) electrons. The van der Waals surface area contributed by atoms with Gasteiger partial charge in [0, 0.05) is 18.7 Å². The van der Waals surface area contributed by atoms with Crippen molar-refractivity contribution in [3.8, 4) is 17.5 Å². The standard InChI is InChI=1S/C20H25N5O2.CH2O/c1-24(2)12-10-16(26)9-8-14-5-3-6-15(13-14)25-17-7-4-11-22-18(17)19(23-25)20(21)27;1-2/h3,5-6,13,16,22,26H,4,7,10-12H2,1-2H3,(H2,21,27);1H2. The van der Waals surface area contributed by atoms with E-state index >= 15 is 0 Å². The molecule has 0 aliphatic carbocycles. The summed E-state index contributed by atoms with van der Waals surface area (Å²) in [6, 6.07) is 7.59. The molecule has 1 aliphatic heterocycles. The number of carbonyl (C=O) groups excluding carboxylic acids is 2. The maximum Gasteiger partial charge on any atom is 0.271 e. The topological polar surface area (TPSA) is 113 Å². The number of fused-ring (bicyclic) bond motifs is 1. The molecule has 0 saturated carbocycles. The molecule has 1 aromatic heterocycles. The van der Waals surface area contributed by atoms with Crippen molar-refractivity contribution in [3.63, 3.8) is 0 Å². The highest BCUT2D eigenvalue weighted by Gasteiger charge is 2.24. The number of nitrogens with zero attached hydrogens (tertiary/aromatic N) is 3. The first-order valence-electron chi connectivity index (χ1n) is 9.35. The van der Waals surface area contributed by atoms with Crippen LogP contribution in [0.2, 0.25) is 0 Å². The van der Waals surface area contributed by atoms with Crippen LogP contribution in [-0.4, -0.2) is 65.8 Å². The van der Waals surface area contributed by atoms with Gasteiger partial charge in [0.25, 0.3) is 5.91 Å². The minimum Gasteiger partial charge on any atom is -0.382 e. The Kier molecular flexibility index (Phi) is 7.95. The van der Waals surface area contributed by atoms with Gasteiger partial charge >= 0.3 is 0 Å². The van der Waals surface area contributed by atoms with E-state index in [9.17, 15) is 9.90 Å². The van der Waals surface area contributed by atoms with E-state index in [1.807, 2.05) is 50.0 Å². The van der Waals surface area contributed by atoms with Crippen LogP contribution in [0.25, 0.3) is 5.69 Å². The van der Waals surface area contributed by atoms with Crippen molar-refractivity contribution in [1.29, 1.82) is 0 Å². The van der Waals surface area contributed by atoms with E-state index in [2.05, 4.69) is 22.3 Å². The number of primary amides is 1. The van der Waals surface area contributed by atoms with Crippen molar-refractivity contribution in [2.75, 3.05) is 32.5 Å². The Balaban J connectivity index is 0.00000145. The number of nitrogens with one attached hydrogen (secondary N) is 1. The first-order valence-corrected chi connectivity index (χ1v) is 9.35. The fraction of sp³-hybridized carbons (Fsp3) is 0.381. The summed E-state index contributed by atoms with van der Waals surface area (Å²) in [6.45, 7) is 3.58. The van der Waals surface area contributed by atoms with Gasteiger partial charge in [-0.2, -0.15) is 5.10 Å². The number of hydrogen-bond acceptors (Lipinski definition) is 6. The number of nitrogens with two attached hydrogens (primary N) is 1. The molecule has 29 heavy (non-hydrogen) atoms. The van der Waals surface area contributed by atoms with E-state index in [0.29, 0.717) is 6.42 Å². The van der Waals surface area contributed by atoms with Crippen LogP contribution in [0.3, 0.4) is 0 Å². The van der Waals surface area contributed by atoms with Gasteiger partial charge in [0.2, 0.25) is 0 Å². The summed E-state index contributed by atoms with van der Waals surface area (Å²) in [5.41, 5.74) is 9.02. The summed E-state index contributed by atoms with van der Waals surface area (Å²) in [5.74, 6) is 5.36. The molecule has 0 bridgehead atoms. The number of aliphatic hydroxyl groups is 1. The third-order valence-electron chi connectivity index (χ3n) is 4.43. The van der Waals surface area contributed by atoms with E-state index in [1.165, 1.54) is 0 Å². The summed E-state index contributed by atoms with van der Waals surface area (Å²) in [7, 11) is 3.92. The number of rotatable bonds is 5. The highest BCUT2D eigenvalue weighted by molar-refractivity contribution is 5.97. The molecule has 8 nitrogen and oxygen atoms in total. The third-order valence-corrected chi connectivity index (χ3v) is 4.43. The predicted octanol–water partition coefficient (Wildman–Crippen LogP) is 0.809. The van der Waals surface area contributed by atoms with Gasteiger partial charge < -0.3 is 25.9 Å². The molecule has 0 spiro atoms. The van der Waals surface area contributed by atoms with Crippen molar-refractivity contribution in [2.24, 2.45) is 5.73 Å². The molecule has 154 valence electrons. The number of carbonyl (C=O) groups is 2. The molecule has 1 aliphatic rings. The van der Waals surface area contributed by atoms with Crippen LogP contribution in [0.15, 0.2) is 24.3 Å². The summed E-state index contributed by atoms with van der Waals surface area (Å²) < 4.78 is 1.76. The van der Waals surface area contributed by atoms with Crippen LogP contribution >= 0.6 is 0 Å². The molecule has 0 fully saturated rings. The Labute approximate surface area is 170 Å². The molecule has 3 rings (SSSR count). The molecular weight excluding hydrogens is 370 g/mol. The molecule has 2 heterocycles. The number of amides is 1. The summed E-state index contributed by atoms with van der Waals surface area (Å²) >= 11 is 0. The zero-order chi connectivity index (χ0) is 21.4. The smallest absolute Gasteiger partial charge is 0.271 e. The van der Waals surface area contributed by atoms with Crippen molar-refractivity contribution in [1.82, 2.24) is 14.7 Å². The molecule has 1 unspecified atom stereocenters. The second kappa shape index (κ2) is 10.4. The fourth-order valence-corrected chi connectivity index (χ4v) is 3.06. The Hall–Kier alpha value is -3.15. The van der Waals surface area contributed by atoms with Gasteiger partial charge in [0.05, 0.1) is 17.1 Å². The Morgan fingerprint density at radius 3 is 2.90 bits per heavy atom. The largest absolute Gasteiger partial charge is 0.382 e. The second-order valence-electron chi connectivity index (χ2n) is 6.90. The van der Waals surface area contributed by atoms with E-state index in [0.717, 1.165) is 48.6 Å². The SMILES string of the molecule is C=O.CN(C)CCC(O)C#Cc1cccc(-n2nc(C(N)=O)c3c2CCCN3)c1. The van der Waals surface area contributed by atoms with Crippen LogP contribution in [0.1, 0.15) is 34.6 Å². The quantitative estimate of drug-likeness (QED) is 0.644. The van der Waals surface area contributed by atoms with Crippen molar-refractivity contribution >= 4 is 18.4 Å². The van der Waals surface area contributed by atoms with Crippen molar-refractivity contribution < 1.29 is 14.7 Å². The molecule has 1 aromatic carbocycles. The van der Waals surface area contributed by atoms with Gasteiger partial charge in [-0.05, 0) is 51.6 Å². The lowest BCUT2D eigenvalue weighted by Crippen LogP contribution is -2.18. The fourth-order valence-electron chi connectivity index (χ4n) is 3.06. The minimum atomic E-state index is -0.667. The minimum absolute atomic E-state index is 0.264. The number of hydrogen-bond donors (Lipinski definition) is 3. The normalized spacial score (nSPS) is 13.2. The van der Waals surface area contributed by atoms with Crippen LogP contribution < -0.4 is 11.1 Å². The Bertz CT molecular complexity index is 911. The van der Waals surface area contributed by atoms with Gasteiger partial charge in [-0.1, -0.05) is 17.9 Å². The van der Waals surface area contributed by atoms with Gasteiger partial charge in [-0.25, -0.2) is 4.68 Å². The van der Waals surface area contributed by atoms with Crippen molar-refractivity contribution in [3.05, 3.63) is 41.2 Å². The lowest BCUT2D eigenvalue weighted by molar-refractivity contribution is -0.0980. The van der Waals surface area contributed by atoms with E-state index in [-0.39, 0.29) is 5.69 Å². The number of aliphatic hydroxyl groups excluding tert-OH is 1.